The van der Waals surface area contributed by atoms with Gasteiger partial charge in [-0.25, -0.2) is 14.6 Å². The second-order valence-electron chi connectivity index (χ2n) is 5.13. The van der Waals surface area contributed by atoms with Crippen LogP contribution in [-0.2, 0) is 4.74 Å². The summed E-state index contributed by atoms with van der Waals surface area (Å²) in [5.74, 6) is 0.00377. The molecule has 0 spiro atoms. The predicted molar refractivity (Wildman–Crippen MR) is 80.0 cm³/mol. The summed E-state index contributed by atoms with van der Waals surface area (Å²) in [5.41, 5.74) is 10.9. The van der Waals surface area contributed by atoms with E-state index in [9.17, 15) is 0 Å². The molecule has 21 heavy (non-hydrogen) atoms. The summed E-state index contributed by atoms with van der Waals surface area (Å²) in [6.07, 6.45) is 3.27. The molecule has 4 N–H and O–H groups in total. The van der Waals surface area contributed by atoms with Gasteiger partial charge in [0, 0.05) is 24.8 Å². The summed E-state index contributed by atoms with van der Waals surface area (Å²) in [5, 5.41) is 7.67. The van der Waals surface area contributed by atoms with E-state index in [1.54, 1.807) is 23.3 Å². The third-order valence-electron chi connectivity index (χ3n) is 3.75. The van der Waals surface area contributed by atoms with Gasteiger partial charge in [0.05, 0.1) is 19.3 Å². The first kappa shape index (κ1) is 13.8. The zero-order chi connectivity index (χ0) is 14.8. The number of fused-ring (bicyclic) bond motifs is 1. The van der Waals surface area contributed by atoms with Crippen molar-refractivity contribution in [3.63, 3.8) is 0 Å². The van der Waals surface area contributed by atoms with Gasteiger partial charge in [-0.2, -0.15) is 0 Å². The van der Waals surface area contributed by atoms with Gasteiger partial charge in [-0.05, 0) is 13.1 Å². The Morgan fingerprint density at radius 2 is 2.43 bits per heavy atom. The minimum Gasteiger partial charge on any atom is -0.384 e. The number of rotatable bonds is 4. The van der Waals surface area contributed by atoms with Crippen molar-refractivity contribution >= 4 is 17.0 Å². The summed E-state index contributed by atoms with van der Waals surface area (Å²) in [6, 6.07) is 2.02. The van der Waals surface area contributed by atoms with Crippen LogP contribution in [0.15, 0.2) is 18.6 Å². The van der Waals surface area contributed by atoms with E-state index in [0.717, 1.165) is 18.7 Å². The molecule has 2 aromatic rings. The minimum absolute atomic E-state index is 0.00377. The van der Waals surface area contributed by atoms with Crippen molar-refractivity contribution in [3.8, 4) is 0 Å². The molecule has 8 heteroatoms. The first-order valence-electron chi connectivity index (χ1n) is 6.85. The highest BCUT2D eigenvalue weighted by Crippen LogP contribution is 2.14. The molecule has 3 rings (SSSR count). The predicted octanol–water partition coefficient (Wildman–Crippen LogP) is -0.411. The topological polar surface area (TPSA) is 105 Å². The van der Waals surface area contributed by atoms with Gasteiger partial charge in [-0.15, -0.1) is 0 Å². The fourth-order valence-electron chi connectivity index (χ4n) is 2.44. The Kier molecular flexibility index (Phi) is 3.72. The molecule has 1 aliphatic rings. The van der Waals surface area contributed by atoms with Crippen LogP contribution in [0.5, 0.6) is 0 Å². The number of hydrogen-bond donors (Lipinski definition) is 3. The van der Waals surface area contributed by atoms with Gasteiger partial charge >= 0.3 is 0 Å². The van der Waals surface area contributed by atoms with Crippen LogP contribution in [0.3, 0.4) is 0 Å². The molecule has 2 aromatic heterocycles. The second kappa shape index (κ2) is 5.66. The molecule has 1 fully saturated rings. The third kappa shape index (κ3) is 2.67. The molecule has 1 aliphatic heterocycles. The summed E-state index contributed by atoms with van der Waals surface area (Å²) in [7, 11) is 2.09. The number of nitrogens with two attached hydrogens (primary N) is 1. The van der Waals surface area contributed by atoms with E-state index in [0.29, 0.717) is 30.4 Å². The number of imidazole rings is 1. The van der Waals surface area contributed by atoms with Crippen molar-refractivity contribution in [3.05, 3.63) is 24.2 Å². The van der Waals surface area contributed by atoms with E-state index in [4.69, 9.17) is 15.9 Å². The highest BCUT2D eigenvalue weighted by molar-refractivity contribution is 6.04. The fourth-order valence-corrected chi connectivity index (χ4v) is 2.44. The minimum atomic E-state index is 0.00377. The first-order chi connectivity index (χ1) is 10.2. The fraction of sp³-hybridized carbons (Fsp3) is 0.462. The van der Waals surface area contributed by atoms with E-state index in [-0.39, 0.29) is 5.84 Å². The van der Waals surface area contributed by atoms with Crippen molar-refractivity contribution in [1.29, 1.82) is 5.41 Å². The highest BCUT2D eigenvalue weighted by Gasteiger charge is 2.20. The quantitative estimate of drug-likeness (QED) is 0.522. The van der Waals surface area contributed by atoms with Gasteiger partial charge in [0.15, 0.2) is 5.65 Å². The Morgan fingerprint density at radius 3 is 3.19 bits per heavy atom. The molecule has 8 nitrogen and oxygen atoms in total. The lowest BCUT2D eigenvalue weighted by molar-refractivity contribution is 0.0101. The van der Waals surface area contributed by atoms with Crippen molar-refractivity contribution < 1.29 is 4.74 Å². The van der Waals surface area contributed by atoms with Gasteiger partial charge < -0.3 is 15.9 Å². The maximum Gasteiger partial charge on any atom is 0.180 e. The number of pyridine rings is 1. The lowest BCUT2D eigenvalue weighted by Gasteiger charge is -2.32. The van der Waals surface area contributed by atoms with E-state index in [1.807, 2.05) is 0 Å². The van der Waals surface area contributed by atoms with Crippen LogP contribution in [0.25, 0.3) is 11.2 Å². The van der Waals surface area contributed by atoms with Gasteiger partial charge in [0.1, 0.15) is 17.7 Å². The molecule has 0 aromatic carbocycles. The zero-order valence-electron chi connectivity index (χ0n) is 11.9. The van der Waals surface area contributed by atoms with Crippen molar-refractivity contribution in [1.82, 2.24) is 19.5 Å². The highest BCUT2D eigenvalue weighted by atomic mass is 16.5. The SMILES string of the molecule is CN1CCOCC1CNn1cnc2nccc(C(=N)N)c21. The van der Waals surface area contributed by atoms with Crippen LogP contribution in [0.4, 0.5) is 0 Å². The van der Waals surface area contributed by atoms with Gasteiger partial charge in [-0.3, -0.25) is 10.3 Å². The van der Waals surface area contributed by atoms with E-state index >= 15 is 0 Å². The molecule has 1 saturated heterocycles. The number of aromatic nitrogens is 3. The van der Waals surface area contributed by atoms with Crippen LogP contribution in [0.1, 0.15) is 5.56 Å². The summed E-state index contributed by atoms with van der Waals surface area (Å²) < 4.78 is 7.28. The Morgan fingerprint density at radius 1 is 1.57 bits per heavy atom. The van der Waals surface area contributed by atoms with Gasteiger partial charge in [0.25, 0.3) is 0 Å². The Hall–Kier alpha value is -2.19. The van der Waals surface area contributed by atoms with Crippen LogP contribution in [-0.4, -0.2) is 64.8 Å². The Balaban J connectivity index is 1.82. The molecule has 0 amide bonds. The maximum atomic E-state index is 7.67. The Labute approximate surface area is 122 Å². The van der Waals surface area contributed by atoms with Gasteiger partial charge in [0.2, 0.25) is 0 Å². The molecule has 1 unspecified atom stereocenters. The molecule has 112 valence electrons. The lowest BCUT2D eigenvalue weighted by Crippen LogP contribution is -2.47. The smallest absolute Gasteiger partial charge is 0.180 e. The number of likely N-dealkylation sites (N-methyl/N-ethyl adjacent to an activating group) is 1. The third-order valence-corrected chi connectivity index (χ3v) is 3.75. The molecular formula is C13H19N7O. The molecule has 1 atom stereocenters. The van der Waals surface area contributed by atoms with Crippen molar-refractivity contribution in [2.75, 3.05) is 38.8 Å². The number of ether oxygens (including phenoxy) is 1. The number of morpholine rings is 1. The normalized spacial score (nSPS) is 19.8. The van der Waals surface area contributed by atoms with E-state index in [1.165, 1.54) is 0 Å². The average molecular weight is 289 g/mol. The number of nitrogens with one attached hydrogen (secondary N) is 2. The summed E-state index contributed by atoms with van der Waals surface area (Å²) in [4.78, 5) is 10.7. The van der Waals surface area contributed by atoms with Crippen molar-refractivity contribution in [2.24, 2.45) is 5.73 Å². The molecule has 3 heterocycles. The monoisotopic (exact) mass is 289 g/mol. The van der Waals surface area contributed by atoms with Gasteiger partial charge in [-0.1, -0.05) is 0 Å². The van der Waals surface area contributed by atoms with E-state index in [2.05, 4.69) is 27.3 Å². The standard InChI is InChI=1S/C13H19N7O/c1-19-4-5-21-7-9(19)6-18-20-8-17-13-11(20)10(12(14)15)2-3-16-13/h2-3,8-9,18H,4-7H2,1H3,(H3,14,15). The lowest BCUT2D eigenvalue weighted by atomic mass is 10.2. The average Bonchev–Trinajstić information content (AvgIpc) is 2.89. The molecular weight excluding hydrogens is 270 g/mol. The van der Waals surface area contributed by atoms with E-state index < -0.39 is 0 Å². The number of nitrogens with zero attached hydrogens (tertiary/aromatic N) is 4. The maximum absolute atomic E-state index is 7.67. The van der Waals surface area contributed by atoms with Crippen molar-refractivity contribution in [2.45, 2.75) is 6.04 Å². The van der Waals surface area contributed by atoms with Crippen LogP contribution in [0.2, 0.25) is 0 Å². The van der Waals surface area contributed by atoms with Crippen LogP contribution >= 0.6 is 0 Å². The number of hydrogen-bond acceptors (Lipinski definition) is 6. The largest absolute Gasteiger partial charge is 0.384 e. The van der Waals surface area contributed by atoms with Crippen LogP contribution < -0.4 is 11.2 Å². The zero-order valence-corrected chi connectivity index (χ0v) is 11.9. The first-order valence-corrected chi connectivity index (χ1v) is 6.85. The number of amidine groups is 1. The molecule has 0 saturated carbocycles. The molecule has 0 bridgehead atoms. The molecule has 0 radical (unpaired) electrons. The Bertz CT molecular complexity index is 653. The summed E-state index contributed by atoms with van der Waals surface area (Å²) >= 11 is 0. The summed E-state index contributed by atoms with van der Waals surface area (Å²) in [6.45, 7) is 3.12. The molecule has 0 aliphatic carbocycles. The number of nitrogen functional groups attached to an aromatic ring is 1. The van der Waals surface area contributed by atoms with Crippen LogP contribution in [0, 0.1) is 5.41 Å². The second-order valence-corrected chi connectivity index (χ2v) is 5.13.